The molecule has 1 unspecified atom stereocenters. The van der Waals surface area contributed by atoms with Crippen molar-refractivity contribution in [1.82, 2.24) is 9.55 Å². The van der Waals surface area contributed by atoms with Crippen LogP contribution in [0.15, 0.2) is 40.9 Å². The molecule has 3 aromatic rings. The van der Waals surface area contributed by atoms with Crippen molar-refractivity contribution in [2.45, 2.75) is 12.3 Å². The van der Waals surface area contributed by atoms with Gasteiger partial charge in [0.2, 0.25) is 0 Å². The number of aromatic nitrogens is 2. The highest BCUT2D eigenvalue weighted by Gasteiger charge is 2.18. The van der Waals surface area contributed by atoms with E-state index in [-0.39, 0.29) is 5.38 Å². The summed E-state index contributed by atoms with van der Waals surface area (Å²) < 4.78 is 2.87. The molecule has 0 aliphatic rings. The van der Waals surface area contributed by atoms with Gasteiger partial charge in [-0.2, -0.15) is 0 Å². The maximum Gasteiger partial charge on any atom is 0.132 e. The first-order chi connectivity index (χ1) is 9.97. The van der Waals surface area contributed by atoms with E-state index in [4.69, 9.17) is 34.8 Å². The van der Waals surface area contributed by atoms with E-state index in [2.05, 4.69) is 20.9 Å². The van der Waals surface area contributed by atoms with Crippen LogP contribution in [0.5, 0.6) is 0 Å². The Labute approximate surface area is 145 Å². The van der Waals surface area contributed by atoms with Gasteiger partial charge >= 0.3 is 0 Å². The highest BCUT2D eigenvalue weighted by molar-refractivity contribution is 9.10. The van der Waals surface area contributed by atoms with Gasteiger partial charge in [0.05, 0.1) is 27.1 Å². The summed E-state index contributed by atoms with van der Waals surface area (Å²) in [5, 5.41) is 1.00. The first-order valence-corrected chi connectivity index (χ1v) is 8.23. The van der Waals surface area contributed by atoms with E-state index in [9.17, 15) is 0 Å². The van der Waals surface area contributed by atoms with Gasteiger partial charge < -0.3 is 0 Å². The van der Waals surface area contributed by atoms with Crippen LogP contribution in [0.1, 0.15) is 18.1 Å². The molecule has 1 atom stereocenters. The minimum atomic E-state index is -0.254. The van der Waals surface area contributed by atoms with E-state index in [0.717, 1.165) is 27.0 Å². The summed E-state index contributed by atoms with van der Waals surface area (Å²) in [7, 11) is 0. The largest absolute Gasteiger partial charge is 0.293 e. The molecule has 21 heavy (non-hydrogen) atoms. The zero-order valence-corrected chi connectivity index (χ0v) is 14.8. The van der Waals surface area contributed by atoms with Crippen LogP contribution in [0.4, 0.5) is 0 Å². The van der Waals surface area contributed by atoms with Crippen molar-refractivity contribution in [2.24, 2.45) is 0 Å². The molecule has 0 aliphatic carbocycles. The van der Waals surface area contributed by atoms with Crippen molar-refractivity contribution in [3.8, 4) is 5.69 Å². The monoisotopic (exact) mass is 402 g/mol. The molecule has 0 radical (unpaired) electrons. The molecule has 0 fully saturated rings. The number of hydrogen-bond acceptors (Lipinski definition) is 1. The number of halogens is 4. The van der Waals surface area contributed by atoms with Crippen LogP contribution in [-0.2, 0) is 0 Å². The first-order valence-electron chi connectivity index (χ1n) is 6.25. The first kappa shape index (κ1) is 15.2. The van der Waals surface area contributed by atoms with Gasteiger partial charge in [-0.15, -0.1) is 11.6 Å². The Balaban J connectivity index is 2.38. The number of benzene rings is 2. The van der Waals surface area contributed by atoms with Crippen molar-refractivity contribution in [3.63, 3.8) is 0 Å². The van der Waals surface area contributed by atoms with Crippen LogP contribution in [0.2, 0.25) is 10.0 Å². The molecular weight excluding hydrogens is 394 g/mol. The van der Waals surface area contributed by atoms with E-state index in [1.54, 1.807) is 0 Å². The third kappa shape index (κ3) is 2.80. The fraction of sp³-hybridized carbons (Fsp3) is 0.133. The summed E-state index contributed by atoms with van der Waals surface area (Å²) in [4.78, 5) is 4.60. The Bertz CT molecular complexity index is 827. The molecule has 3 rings (SSSR count). The highest BCUT2D eigenvalue weighted by Crippen LogP contribution is 2.33. The number of imidazole rings is 1. The van der Waals surface area contributed by atoms with Crippen molar-refractivity contribution >= 4 is 61.8 Å². The molecule has 2 nitrogen and oxygen atoms in total. The second-order valence-electron chi connectivity index (χ2n) is 4.65. The van der Waals surface area contributed by atoms with Crippen LogP contribution < -0.4 is 0 Å². The van der Waals surface area contributed by atoms with Crippen molar-refractivity contribution in [1.29, 1.82) is 0 Å². The summed E-state index contributed by atoms with van der Waals surface area (Å²) in [6.45, 7) is 1.88. The summed E-state index contributed by atoms with van der Waals surface area (Å²) in [6.07, 6.45) is 0. The summed E-state index contributed by atoms with van der Waals surface area (Å²) in [5.74, 6) is 0.734. The molecule has 1 aromatic heterocycles. The van der Waals surface area contributed by atoms with Gasteiger partial charge in [-0.1, -0.05) is 39.1 Å². The molecule has 0 aliphatic heterocycles. The minimum Gasteiger partial charge on any atom is -0.293 e. The Morgan fingerprint density at radius 3 is 2.57 bits per heavy atom. The minimum absolute atomic E-state index is 0.254. The molecule has 6 heteroatoms. The molecule has 2 aromatic carbocycles. The lowest BCUT2D eigenvalue weighted by atomic mass is 10.2. The number of nitrogens with zero attached hydrogens (tertiary/aromatic N) is 2. The van der Waals surface area contributed by atoms with Crippen LogP contribution in [-0.4, -0.2) is 9.55 Å². The molecule has 108 valence electrons. The maximum atomic E-state index is 6.38. The maximum absolute atomic E-state index is 6.38. The third-order valence-electron chi connectivity index (χ3n) is 3.15. The van der Waals surface area contributed by atoms with Crippen molar-refractivity contribution in [2.75, 3.05) is 0 Å². The van der Waals surface area contributed by atoms with Crippen molar-refractivity contribution < 1.29 is 0 Å². The summed E-state index contributed by atoms with van der Waals surface area (Å²) in [5.41, 5.74) is 2.54. The topological polar surface area (TPSA) is 17.8 Å². The van der Waals surface area contributed by atoms with E-state index >= 15 is 0 Å². The third-order valence-corrected chi connectivity index (χ3v) is 4.38. The molecule has 1 heterocycles. The van der Waals surface area contributed by atoms with Gasteiger partial charge in [-0.3, -0.25) is 4.57 Å². The highest BCUT2D eigenvalue weighted by atomic mass is 79.9. The van der Waals surface area contributed by atoms with Gasteiger partial charge in [-0.25, -0.2) is 4.98 Å². The lowest BCUT2D eigenvalue weighted by Gasteiger charge is -2.12. The molecule has 0 spiro atoms. The van der Waals surface area contributed by atoms with E-state index in [1.807, 2.05) is 47.9 Å². The van der Waals surface area contributed by atoms with Crippen molar-refractivity contribution in [3.05, 3.63) is 56.7 Å². The van der Waals surface area contributed by atoms with E-state index in [1.165, 1.54) is 0 Å². The number of alkyl halides is 1. The zero-order valence-electron chi connectivity index (χ0n) is 10.9. The van der Waals surface area contributed by atoms with Gasteiger partial charge in [-0.05, 0) is 43.3 Å². The number of hydrogen-bond donors (Lipinski definition) is 0. The normalized spacial score (nSPS) is 12.8. The van der Waals surface area contributed by atoms with E-state index in [0.29, 0.717) is 10.0 Å². The second-order valence-corrected chi connectivity index (χ2v) is 7.06. The Hall–Kier alpha value is -0.740. The SMILES string of the molecule is CC(Cl)c1nc2ccc(Cl)cc2n1-c1ccc(Br)cc1Cl. The lowest BCUT2D eigenvalue weighted by molar-refractivity contribution is 0.882. The molecule has 0 amide bonds. The Morgan fingerprint density at radius 1 is 1.14 bits per heavy atom. The van der Waals surface area contributed by atoms with Gasteiger partial charge in [0.15, 0.2) is 0 Å². The standard InChI is InChI=1S/C15H10BrCl3N2/c1-8(17)15-20-12-4-3-10(18)7-14(12)21(15)13-5-2-9(16)6-11(13)19/h2-8H,1H3. The van der Waals surface area contributed by atoms with Gasteiger partial charge in [0, 0.05) is 9.50 Å². The molecular formula is C15H10BrCl3N2. The molecule has 0 saturated carbocycles. The predicted molar refractivity (Wildman–Crippen MR) is 93.1 cm³/mol. The lowest BCUT2D eigenvalue weighted by Crippen LogP contribution is -2.02. The smallest absolute Gasteiger partial charge is 0.132 e. The van der Waals surface area contributed by atoms with Crippen LogP contribution in [0.3, 0.4) is 0 Å². The number of rotatable bonds is 2. The zero-order chi connectivity index (χ0) is 15.1. The Kier molecular flexibility index (Phi) is 4.19. The fourth-order valence-electron chi connectivity index (χ4n) is 2.25. The molecule has 0 saturated heterocycles. The predicted octanol–water partition coefficient (Wildman–Crippen LogP) is 6.39. The van der Waals surface area contributed by atoms with Crippen LogP contribution in [0.25, 0.3) is 16.7 Å². The number of fused-ring (bicyclic) bond motifs is 1. The quantitative estimate of drug-likeness (QED) is 0.452. The van der Waals surface area contributed by atoms with Gasteiger partial charge in [0.1, 0.15) is 5.82 Å². The van der Waals surface area contributed by atoms with Crippen LogP contribution in [0, 0.1) is 0 Å². The fourth-order valence-corrected chi connectivity index (χ4v) is 3.32. The molecule has 0 bridgehead atoms. The van der Waals surface area contributed by atoms with E-state index < -0.39 is 0 Å². The van der Waals surface area contributed by atoms with Crippen LogP contribution >= 0.6 is 50.7 Å². The summed E-state index contributed by atoms with van der Waals surface area (Å²) >= 11 is 22.2. The van der Waals surface area contributed by atoms with Gasteiger partial charge in [0.25, 0.3) is 0 Å². The average molecular weight is 405 g/mol. The average Bonchev–Trinajstić information content (AvgIpc) is 2.77. The second kappa shape index (κ2) is 5.81. The molecule has 0 N–H and O–H groups in total. The Morgan fingerprint density at radius 2 is 1.90 bits per heavy atom. The summed E-state index contributed by atoms with van der Waals surface area (Å²) in [6, 6.07) is 11.3.